The SMILES string of the molecule is Cc1cccc(S(=O)(=O)O)c1.[Ca+2].[H-].[H-]. The predicted octanol–water partition coefficient (Wildman–Crippen LogP) is 1.09. The largest absolute Gasteiger partial charge is 2.00 e. The van der Waals surface area contributed by atoms with Crippen LogP contribution < -0.4 is 0 Å². The van der Waals surface area contributed by atoms with Gasteiger partial charge < -0.3 is 2.85 Å². The van der Waals surface area contributed by atoms with E-state index in [1.807, 2.05) is 0 Å². The van der Waals surface area contributed by atoms with Crippen molar-refractivity contribution in [1.82, 2.24) is 0 Å². The summed E-state index contributed by atoms with van der Waals surface area (Å²) >= 11 is 0. The van der Waals surface area contributed by atoms with Crippen molar-refractivity contribution in [2.24, 2.45) is 0 Å². The van der Waals surface area contributed by atoms with Gasteiger partial charge in [-0.2, -0.15) is 8.42 Å². The van der Waals surface area contributed by atoms with Crippen LogP contribution in [0.2, 0.25) is 0 Å². The van der Waals surface area contributed by atoms with Gasteiger partial charge in [0.05, 0.1) is 4.90 Å². The zero-order valence-corrected chi connectivity index (χ0v) is 9.71. The van der Waals surface area contributed by atoms with Crippen molar-refractivity contribution in [1.29, 1.82) is 0 Å². The van der Waals surface area contributed by atoms with Gasteiger partial charge in [-0.3, -0.25) is 4.55 Å². The molecule has 1 aromatic carbocycles. The van der Waals surface area contributed by atoms with Crippen LogP contribution in [0.25, 0.3) is 0 Å². The maximum atomic E-state index is 10.5. The van der Waals surface area contributed by atoms with Crippen molar-refractivity contribution in [3.8, 4) is 0 Å². The Balaban J connectivity index is -0.000000403. The van der Waals surface area contributed by atoms with Gasteiger partial charge in [-0.1, -0.05) is 12.1 Å². The van der Waals surface area contributed by atoms with Crippen molar-refractivity contribution in [3.63, 3.8) is 0 Å². The van der Waals surface area contributed by atoms with E-state index >= 15 is 0 Å². The van der Waals surface area contributed by atoms with Crippen molar-refractivity contribution in [2.75, 3.05) is 0 Å². The summed E-state index contributed by atoms with van der Waals surface area (Å²) < 4.78 is 29.7. The van der Waals surface area contributed by atoms with Crippen molar-refractivity contribution >= 4 is 47.9 Å². The van der Waals surface area contributed by atoms with Crippen LogP contribution >= 0.6 is 0 Å². The van der Waals surface area contributed by atoms with Crippen molar-refractivity contribution in [3.05, 3.63) is 29.8 Å². The second-order valence-electron chi connectivity index (χ2n) is 2.29. The average molecular weight is 214 g/mol. The molecule has 1 rings (SSSR count). The first-order chi connectivity index (χ1) is 5.00. The third kappa shape index (κ3) is 3.41. The van der Waals surface area contributed by atoms with Gasteiger partial charge in [0.15, 0.2) is 0 Å². The van der Waals surface area contributed by atoms with E-state index < -0.39 is 10.1 Å². The summed E-state index contributed by atoms with van der Waals surface area (Å²) in [5.74, 6) is 0. The molecule has 0 amide bonds. The summed E-state index contributed by atoms with van der Waals surface area (Å²) in [7, 11) is -4.03. The minimum atomic E-state index is -4.03. The van der Waals surface area contributed by atoms with Gasteiger partial charge in [0.25, 0.3) is 10.1 Å². The molecule has 1 N–H and O–H groups in total. The monoisotopic (exact) mass is 214 g/mol. The number of hydrogen-bond donors (Lipinski definition) is 1. The van der Waals surface area contributed by atoms with Crippen LogP contribution in [-0.2, 0) is 10.1 Å². The van der Waals surface area contributed by atoms with Crippen LogP contribution in [0, 0.1) is 6.92 Å². The molecular formula is C7H10CaO3S. The Bertz CT molecular complexity index is 367. The smallest absolute Gasteiger partial charge is 1.00 e. The van der Waals surface area contributed by atoms with Gasteiger partial charge in [-0.05, 0) is 24.6 Å². The van der Waals surface area contributed by atoms with Crippen LogP contribution in [0.3, 0.4) is 0 Å². The minimum Gasteiger partial charge on any atom is -1.00 e. The molecule has 0 bridgehead atoms. The molecule has 0 atom stereocenters. The number of aryl methyl sites for hydroxylation is 1. The fourth-order valence-corrected chi connectivity index (χ4v) is 1.36. The molecule has 0 radical (unpaired) electrons. The second kappa shape index (κ2) is 4.58. The minimum absolute atomic E-state index is 0. The van der Waals surface area contributed by atoms with E-state index in [2.05, 4.69) is 0 Å². The summed E-state index contributed by atoms with van der Waals surface area (Å²) in [4.78, 5) is -0.0579. The molecule has 0 unspecified atom stereocenters. The first-order valence-electron chi connectivity index (χ1n) is 3.04. The van der Waals surface area contributed by atoms with E-state index in [1.54, 1.807) is 19.1 Å². The van der Waals surface area contributed by atoms with E-state index in [9.17, 15) is 8.42 Å². The van der Waals surface area contributed by atoms with Gasteiger partial charge in [0.1, 0.15) is 0 Å². The zero-order chi connectivity index (χ0) is 8.48. The second-order valence-corrected chi connectivity index (χ2v) is 3.71. The number of rotatable bonds is 1. The third-order valence-corrected chi connectivity index (χ3v) is 2.14. The van der Waals surface area contributed by atoms with Crippen LogP contribution in [0.1, 0.15) is 8.42 Å². The predicted molar refractivity (Wildman–Crippen MR) is 49.0 cm³/mol. The fourth-order valence-electron chi connectivity index (χ4n) is 0.776. The van der Waals surface area contributed by atoms with Crippen LogP contribution in [0.15, 0.2) is 29.2 Å². The molecule has 12 heavy (non-hydrogen) atoms. The fraction of sp³-hybridized carbons (Fsp3) is 0.143. The van der Waals surface area contributed by atoms with E-state index in [0.717, 1.165) is 5.56 Å². The topological polar surface area (TPSA) is 54.4 Å². The van der Waals surface area contributed by atoms with Crippen LogP contribution in [0.4, 0.5) is 0 Å². The van der Waals surface area contributed by atoms with Gasteiger partial charge >= 0.3 is 37.7 Å². The maximum absolute atomic E-state index is 10.5. The molecule has 64 valence electrons. The molecule has 3 nitrogen and oxygen atoms in total. The molecule has 0 saturated heterocycles. The Morgan fingerprint density at radius 3 is 2.33 bits per heavy atom. The van der Waals surface area contributed by atoms with E-state index in [-0.39, 0.29) is 45.5 Å². The summed E-state index contributed by atoms with van der Waals surface area (Å²) in [6.07, 6.45) is 0. The molecule has 1 aromatic rings. The zero-order valence-electron chi connectivity index (χ0n) is 8.69. The van der Waals surface area contributed by atoms with Gasteiger partial charge in [-0.25, -0.2) is 0 Å². The Hall–Kier alpha value is 0.390. The molecule has 0 saturated carbocycles. The summed E-state index contributed by atoms with van der Waals surface area (Å²) in [5.41, 5.74) is 0.806. The van der Waals surface area contributed by atoms with E-state index in [1.165, 1.54) is 12.1 Å². The summed E-state index contributed by atoms with van der Waals surface area (Å²) in [6, 6.07) is 6.10. The molecule has 0 aliphatic carbocycles. The number of hydrogen-bond acceptors (Lipinski definition) is 2. The van der Waals surface area contributed by atoms with Gasteiger partial charge in [-0.15, -0.1) is 0 Å². The quantitative estimate of drug-likeness (QED) is 0.562. The van der Waals surface area contributed by atoms with Gasteiger partial charge in [0.2, 0.25) is 0 Å². The first kappa shape index (κ1) is 12.4. The van der Waals surface area contributed by atoms with Gasteiger partial charge in [0, 0.05) is 0 Å². The third-order valence-electron chi connectivity index (χ3n) is 1.29. The molecule has 0 spiro atoms. The van der Waals surface area contributed by atoms with Crippen molar-refractivity contribution in [2.45, 2.75) is 11.8 Å². The molecule has 0 fully saturated rings. The molecule has 0 aliphatic rings. The molecule has 0 aliphatic heterocycles. The Kier molecular flexibility index (Phi) is 4.73. The standard InChI is InChI=1S/C7H8O3S.Ca.2H/c1-6-3-2-4-7(5-6)11(8,9)10;;;/h2-5H,1H3,(H,8,9,10);;;/q;+2;2*-1. The van der Waals surface area contributed by atoms with Crippen molar-refractivity contribution < 1.29 is 15.8 Å². The molecule has 0 heterocycles. The Morgan fingerprint density at radius 1 is 1.42 bits per heavy atom. The first-order valence-corrected chi connectivity index (χ1v) is 4.48. The average Bonchev–Trinajstić information content (AvgIpc) is 1.86. The van der Waals surface area contributed by atoms with E-state index in [4.69, 9.17) is 4.55 Å². The van der Waals surface area contributed by atoms with Crippen LogP contribution in [-0.4, -0.2) is 50.7 Å². The van der Waals surface area contributed by atoms with E-state index in [0.29, 0.717) is 0 Å². The summed E-state index contributed by atoms with van der Waals surface area (Å²) in [5, 5.41) is 0. The number of benzene rings is 1. The Labute approximate surface area is 105 Å². The summed E-state index contributed by atoms with van der Waals surface area (Å²) in [6.45, 7) is 1.76. The Morgan fingerprint density at radius 2 is 2.00 bits per heavy atom. The molecular weight excluding hydrogens is 204 g/mol. The maximum Gasteiger partial charge on any atom is 2.00 e. The normalized spacial score (nSPS) is 10.5. The molecule has 5 heteroatoms. The van der Waals surface area contributed by atoms with Crippen LogP contribution in [0.5, 0.6) is 0 Å². The molecule has 0 aromatic heterocycles.